The molecule has 0 unspecified atom stereocenters. The lowest BCUT2D eigenvalue weighted by molar-refractivity contribution is -0.144. The van der Waals surface area contributed by atoms with Gasteiger partial charge in [-0.1, -0.05) is 13.3 Å². The summed E-state index contributed by atoms with van der Waals surface area (Å²) < 4.78 is 6.02. The summed E-state index contributed by atoms with van der Waals surface area (Å²) in [5.74, 6) is -0.399. The predicted molar refractivity (Wildman–Crippen MR) is 55.7 cm³/mol. The fraction of sp³-hybridized carbons (Fsp3) is 0.600. The fourth-order valence-electron chi connectivity index (χ4n) is 1.34. The molecule has 0 amide bonds. The van der Waals surface area contributed by atoms with Crippen molar-refractivity contribution in [3.63, 3.8) is 0 Å². The summed E-state index contributed by atoms with van der Waals surface area (Å²) in [5.41, 5.74) is 0.665. The average Bonchev–Trinajstić information content (AvgIpc) is 2.48. The summed E-state index contributed by atoms with van der Waals surface area (Å²) in [6.45, 7) is 4.05. The minimum absolute atomic E-state index is 0.0453. The van der Waals surface area contributed by atoms with Gasteiger partial charge < -0.3 is 4.74 Å². The number of hydrogen-bond donors (Lipinski definition) is 1. The maximum Gasteiger partial charge on any atom is 0.327 e. The van der Waals surface area contributed by atoms with E-state index >= 15 is 0 Å². The van der Waals surface area contributed by atoms with Crippen molar-refractivity contribution in [1.29, 1.82) is 0 Å². The van der Waals surface area contributed by atoms with Gasteiger partial charge in [0.1, 0.15) is 6.54 Å². The highest BCUT2D eigenvalue weighted by molar-refractivity contribution is 5.68. The molecule has 0 atom stereocenters. The summed E-state index contributed by atoms with van der Waals surface area (Å²) in [7, 11) is 0. The second kappa shape index (κ2) is 5.38. The molecule has 0 aromatic carbocycles. The van der Waals surface area contributed by atoms with E-state index in [9.17, 15) is 9.59 Å². The molecule has 0 aliphatic carbocycles. The largest absolute Gasteiger partial charge is 0.465 e. The third-order valence-electron chi connectivity index (χ3n) is 1.95. The number of aromatic nitrogens is 2. The van der Waals surface area contributed by atoms with Gasteiger partial charge in [0.25, 0.3) is 5.56 Å². The van der Waals surface area contributed by atoms with E-state index in [1.54, 1.807) is 6.92 Å². The number of carbonyl (C=O) groups excluding carboxylic acids is 1. The van der Waals surface area contributed by atoms with Crippen LogP contribution < -0.4 is 5.56 Å². The summed E-state index contributed by atoms with van der Waals surface area (Å²) in [6, 6.07) is 1.52. The molecule has 5 heteroatoms. The number of H-pyrrole nitrogens is 1. The summed E-state index contributed by atoms with van der Waals surface area (Å²) in [5, 5.41) is 2.88. The van der Waals surface area contributed by atoms with E-state index in [0.717, 1.165) is 18.5 Å². The molecule has 0 saturated heterocycles. The number of rotatable bonds is 5. The molecule has 1 aromatic heterocycles. The number of ether oxygens (including phenoxy) is 1. The molecule has 0 spiro atoms. The zero-order valence-electron chi connectivity index (χ0n) is 9.08. The number of nitrogens with one attached hydrogen (secondary N) is 1. The predicted octanol–water partition coefficient (Wildman–Crippen LogP) is 0.692. The van der Waals surface area contributed by atoms with Crippen LogP contribution in [0.4, 0.5) is 0 Å². The van der Waals surface area contributed by atoms with Crippen LogP contribution in [0.25, 0.3) is 0 Å². The Labute approximate surface area is 88.0 Å². The van der Waals surface area contributed by atoms with Gasteiger partial charge in [0, 0.05) is 11.8 Å². The lowest BCUT2D eigenvalue weighted by Gasteiger charge is -2.01. The quantitative estimate of drug-likeness (QED) is 0.730. The molecule has 0 saturated carbocycles. The van der Waals surface area contributed by atoms with E-state index < -0.39 is 5.97 Å². The van der Waals surface area contributed by atoms with Crippen LogP contribution in [0, 0.1) is 0 Å². The highest BCUT2D eigenvalue weighted by Gasteiger charge is 2.07. The second-order valence-electron chi connectivity index (χ2n) is 3.26. The molecular weight excluding hydrogens is 196 g/mol. The molecule has 5 nitrogen and oxygen atoms in total. The smallest absolute Gasteiger partial charge is 0.327 e. The molecule has 0 radical (unpaired) electrons. The van der Waals surface area contributed by atoms with E-state index in [4.69, 9.17) is 4.74 Å². The number of aryl methyl sites for hydroxylation is 1. The highest BCUT2D eigenvalue weighted by Crippen LogP contribution is 1.95. The maximum absolute atomic E-state index is 11.4. The van der Waals surface area contributed by atoms with Crippen molar-refractivity contribution >= 4 is 5.97 Å². The third-order valence-corrected chi connectivity index (χ3v) is 1.95. The van der Waals surface area contributed by atoms with Crippen LogP contribution in [0.1, 0.15) is 26.0 Å². The van der Waals surface area contributed by atoms with Crippen molar-refractivity contribution in [2.75, 3.05) is 6.61 Å². The van der Waals surface area contributed by atoms with E-state index in [1.807, 2.05) is 6.92 Å². The SMILES string of the molecule is CCCc1cc(=O)n(CC(=O)OCC)[nH]1. The minimum atomic E-state index is -0.399. The van der Waals surface area contributed by atoms with Crippen LogP contribution >= 0.6 is 0 Å². The van der Waals surface area contributed by atoms with Gasteiger partial charge in [0.05, 0.1) is 6.61 Å². The summed E-state index contributed by atoms with van der Waals surface area (Å²) in [6.07, 6.45) is 1.77. The Morgan fingerprint density at radius 1 is 1.53 bits per heavy atom. The number of hydrogen-bond acceptors (Lipinski definition) is 3. The molecule has 1 rings (SSSR count). The van der Waals surface area contributed by atoms with Crippen molar-refractivity contribution in [1.82, 2.24) is 9.78 Å². The Morgan fingerprint density at radius 2 is 2.27 bits per heavy atom. The Balaban J connectivity index is 2.68. The Morgan fingerprint density at radius 3 is 2.87 bits per heavy atom. The standard InChI is InChI=1S/C10H16N2O3/c1-3-5-8-6-9(13)12(11-8)7-10(14)15-4-2/h6,11H,3-5,7H2,1-2H3. The van der Waals surface area contributed by atoms with Gasteiger partial charge in [0.2, 0.25) is 0 Å². The molecule has 0 aliphatic heterocycles. The Kier molecular flexibility index (Phi) is 4.15. The van der Waals surface area contributed by atoms with Crippen molar-refractivity contribution in [2.24, 2.45) is 0 Å². The lowest BCUT2D eigenvalue weighted by atomic mass is 10.3. The van der Waals surface area contributed by atoms with Crippen molar-refractivity contribution < 1.29 is 9.53 Å². The normalized spacial score (nSPS) is 10.3. The van der Waals surface area contributed by atoms with E-state index in [1.165, 1.54) is 10.7 Å². The van der Waals surface area contributed by atoms with Gasteiger partial charge in [-0.2, -0.15) is 0 Å². The fourth-order valence-corrected chi connectivity index (χ4v) is 1.34. The molecule has 15 heavy (non-hydrogen) atoms. The van der Waals surface area contributed by atoms with Gasteiger partial charge in [-0.3, -0.25) is 14.7 Å². The number of carbonyl (C=O) groups is 1. The zero-order chi connectivity index (χ0) is 11.3. The molecule has 1 heterocycles. The molecular formula is C10H16N2O3. The average molecular weight is 212 g/mol. The monoisotopic (exact) mass is 212 g/mol. The van der Waals surface area contributed by atoms with Crippen LogP contribution in [0.2, 0.25) is 0 Å². The minimum Gasteiger partial charge on any atom is -0.465 e. The second-order valence-corrected chi connectivity index (χ2v) is 3.26. The first-order valence-corrected chi connectivity index (χ1v) is 5.11. The van der Waals surface area contributed by atoms with Crippen LogP contribution in [0.3, 0.4) is 0 Å². The number of aromatic amines is 1. The topological polar surface area (TPSA) is 64.1 Å². The van der Waals surface area contributed by atoms with Crippen molar-refractivity contribution in [2.45, 2.75) is 33.2 Å². The molecule has 0 bridgehead atoms. The van der Waals surface area contributed by atoms with Gasteiger partial charge >= 0.3 is 5.97 Å². The van der Waals surface area contributed by atoms with Crippen LogP contribution in [-0.4, -0.2) is 22.4 Å². The zero-order valence-corrected chi connectivity index (χ0v) is 9.08. The first kappa shape index (κ1) is 11.6. The summed E-state index contributed by atoms with van der Waals surface area (Å²) >= 11 is 0. The molecule has 84 valence electrons. The highest BCUT2D eigenvalue weighted by atomic mass is 16.5. The van der Waals surface area contributed by atoms with Crippen molar-refractivity contribution in [3.8, 4) is 0 Å². The Bertz CT molecular complexity index is 378. The third kappa shape index (κ3) is 3.27. The molecule has 0 fully saturated rings. The van der Waals surface area contributed by atoms with Crippen molar-refractivity contribution in [3.05, 3.63) is 22.1 Å². The van der Waals surface area contributed by atoms with Gasteiger partial charge in [-0.25, -0.2) is 4.68 Å². The summed E-state index contributed by atoms with van der Waals surface area (Å²) in [4.78, 5) is 22.5. The van der Waals surface area contributed by atoms with Crippen LogP contribution in [-0.2, 0) is 22.5 Å². The molecule has 1 aromatic rings. The number of nitrogens with zero attached hydrogens (tertiary/aromatic N) is 1. The van der Waals surface area contributed by atoms with Gasteiger partial charge in [-0.15, -0.1) is 0 Å². The van der Waals surface area contributed by atoms with Crippen LogP contribution in [0.5, 0.6) is 0 Å². The van der Waals surface area contributed by atoms with E-state index in [-0.39, 0.29) is 12.1 Å². The van der Waals surface area contributed by atoms with Gasteiger partial charge in [-0.05, 0) is 13.3 Å². The van der Waals surface area contributed by atoms with E-state index in [0.29, 0.717) is 6.61 Å². The first-order valence-electron chi connectivity index (χ1n) is 5.11. The number of esters is 1. The van der Waals surface area contributed by atoms with E-state index in [2.05, 4.69) is 5.10 Å². The molecule has 1 N–H and O–H groups in total. The Hall–Kier alpha value is -1.52. The maximum atomic E-state index is 11.4. The van der Waals surface area contributed by atoms with Crippen LogP contribution in [0.15, 0.2) is 10.9 Å². The molecule has 0 aliphatic rings. The first-order chi connectivity index (χ1) is 7.17. The lowest BCUT2D eigenvalue weighted by Crippen LogP contribution is -2.22. The van der Waals surface area contributed by atoms with Gasteiger partial charge in [0.15, 0.2) is 0 Å².